The molecule has 0 aliphatic carbocycles. The van der Waals surface area contributed by atoms with Gasteiger partial charge in [0.15, 0.2) is 5.15 Å². The standard InChI is InChI=1S/C14H14ClN3O2/c1-9-5-12(14(15)17-7-9)16-8-11-4-3-10(2)13(6-11)18(19)20/h3-7,16H,8H2,1-2H3. The van der Waals surface area contributed by atoms with Crippen LogP contribution in [0.25, 0.3) is 0 Å². The summed E-state index contributed by atoms with van der Waals surface area (Å²) in [7, 11) is 0. The molecule has 0 fully saturated rings. The summed E-state index contributed by atoms with van der Waals surface area (Å²) in [6.07, 6.45) is 1.68. The lowest BCUT2D eigenvalue weighted by atomic mass is 10.1. The smallest absolute Gasteiger partial charge is 0.272 e. The first-order chi connectivity index (χ1) is 9.47. The number of nitrogens with one attached hydrogen (secondary N) is 1. The van der Waals surface area contributed by atoms with Crippen LogP contribution < -0.4 is 5.32 Å². The van der Waals surface area contributed by atoms with Crippen molar-refractivity contribution < 1.29 is 4.92 Å². The van der Waals surface area contributed by atoms with E-state index >= 15 is 0 Å². The Kier molecular flexibility index (Phi) is 4.20. The van der Waals surface area contributed by atoms with Crippen LogP contribution in [-0.4, -0.2) is 9.91 Å². The summed E-state index contributed by atoms with van der Waals surface area (Å²) in [5, 5.41) is 14.4. The fourth-order valence-electron chi connectivity index (χ4n) is 1.84. The number of rotatable bonds is 4. The number of nitro groups is 1. The molecule has 0 saturated carbocycles. The number of nitrogens with zero attached hydrogens (tertiary/aromatic N) is 2. The third-order valence-electron chi connectivity index (χ3n) is 2.93. The first-order valence-corrected chi connectivity index (χ1v) is 6.45. The maximum absolute atomic E-state index is 10.9. The van der Waals surface area contributed by atoms with Crippen LogP contribution in [-0.2, 0) is 6.54 Å². The number of aromatic nitrogens is 1. The molecule has 1 aromatic carbocycles. The van der Waals surface area contributed by atoms with Gasteiger partial charge in [0.1, 0.15) is 0 Å². The quantitative estimate of drug-likeness (QED) is 0.527. The molecule has 0 amide bonds. The van der Waals surface area contributed by atoms with Gasteiger partial charge in [-0.15, -0.1) is 0 Å². The van der Waals surface area contributed by atoms with Crippen molar-refractivity contribution in [3.8, 4) is 0 Å². The van der Waals surface area contributed by atoms with Gasteiger partial charge in [-0.2, -0.15) is 0 Å². The molecule has 0 atom stereocenters. The highest BCUT2D eigenvalue weighted by Gasteiger charge is 2.11. The second-order valence-corrected chi connectivity index (χ2v) is 4.94. The van der Waals surface area contributed by atoms with Gasteiger partial charge in [-0.3, -0.25) is 10.1 Å². The van der Waals surface area contributed by atoms with Gasteiger partial charge < -0.3 is 5.32 Å². The lowest BCUT2D eigenvalue weighted by Gasteiger charge is -2.09. The van der Waals surface area contributed by atoms with Crippen molar-refractivity contribution in [3.05, 3.63) is 62.4 Å². The second-order valence-electron chi connectivity index (χ2n) is 4.58. The molecule has 1 heterocycles. The topological polar surface area (TPSA) is 68.1 Å². The number of aryl methyl sites for hydroxylation is 2. The lowest BCUT2D eigenvalue weighted by Crippen LogP contribution is -2.02. The van der Waals surface area contributed by atoms with E-state index in [9.17, 15) is 10.1 Å². The molecule has 5 nitrogen and oxygen atoms in total. The van der Waals surface area contributed by atoms with E-state index in [4.69, 9.17) is 11.6 Å². The SMILES string of the molecule is Cc1cnc(Cl)c(NCc2ccc(C)c([N+](=O)[O-])c2)c1. The predicted molar refractivity (Wildman–Crippen MR) is 79.1 cm³/mol. The summed E-state index contributed by atoms with van der Waals surface area (Å²) in [5.41, 5.74) is 3.30. The number of halogens is 1. The fraction of sp³-hybridized carbons (Fsp3) is 0.214. The third-order valence-corrected chi connectivity index (χ3v) is 3.23. The molecular weight excluding hydrogens is 278 g/mol. The molecule has 0 saturated heterocycles. The monoisotopic (exact) mass is 291 g/mol. The molecule has 0 spiro atoms. The van der Waals surface area contributed by atoms with Crippen LogP contribution in [0.2, 0.25) is 5.15 Å². The van der Waals surface area contributed by atoms with Crippen molar-refractivity contribution in [1.29, 1.82) is 0 Å². The van der Waals surface area contributed by atoms with Crippen LogP contribution in [0.1, 0.15) is 16.7 Å². The molecule has 0 aliphatic rings. The van der Waals surface area contributed by atoms with E-state index in [1.165, 1.54) is 0 Å². The van der Waals surface area contributed by atoms with Crippen LogP contribution >= 0.6 is 11.6 Å². The minimum absolute atomic E-state index is 0.123. The van der Waals surface area contributed by atoms with Gasteiger partial charge in [-0.25, -0.2) is 4.98 Å². The van der Waals surface area contributed by atoms with Crippen molar-refractivity contribution in [1.82, 2.24) is 4.98 Å². The summed E-state index contributed by atoms with van der Waals surface area (Å²) < 4.78 is 0. The van der Waals surface area contributed by atoms with Crippen LogP contribution in [0.4, 0.5) is 11.4 Å². The molecule has 0 aliphatic heterocycles. The van der Waals surface area contributed by atoms with Crippen molar-refractivity contribution in [3.63, 3.8) is 0 Å². The van der Waals surface area contributed by atoms with Gasteiger partial charge in [0.2, 0.25) is 0 Å². The zero-order chi connectivity index (χ0) is 14.7. The van der Waals surface area contributed by atoms with Crippen LogP contribution in [0.3, 0.4) is 0 Å². The molecule has 0 unspecified atom stereocenters. The summed E-state index contributed by atoms with van der Waals surface area (Å²) in [4.78, 5) is 14.6. The molecule has 20 heavy (non-hydrogen) atoms. The van der Waals surface area contributed by atoms with E-state index in [0.29, 0.717) is 17.3 Å². The Morgan fingerprint density at radius 3 is 2.80 bits per heavy atom. The van der Waals surface area contributed by atoms with Crippen LogP contribution in [0, 0.1) is 24.0 Å². The minimum Gasteiger partial charge on any atom is -0.378 e. The summed E-state index contributed by atoms with van der Waals surface area (Å²) in [5.74, 6) is 0. The molecule has 2 rings (SSSR count). The van der Waals surface area contributed by atoms with Gasteiger partial charge >= 0.3 is 0 Å². The number of hydrogen-bond donors (Lipinski definition) is 1. The van der Waals surface area contributed by atoms with Gasteiger partial charge in [0.25, 0.3) is 5.69 Å². The highest BCUT2D eigenvalue weighted by molar-refractivity contribution is 6.31. The number of nitro benzene ring substituents is 1. The number of benzene rings is 1. The fourth-order valence-corrected chi connectivity index (χ4v) is 2.01. The van der Waals surface area contributed by atoms with Crippen LogP contribution in [0.15, 0.2) is 30.5 Å². The Balaban J connectivity index is 2.17. The van der Waals surface area contributed by atoms with E-state index in [2.05, 4.69) is 10.3 Å². The second kappa shape index (κ2) is 5.88. The third kappa shape index (κ3) is 3.24. The Morgan fingerprint density at radius 1 is 1.35 bits per heavy atom. The molecule has 104 valence electrons. The Hall–Kier alpha value is -2.14. The molecule has 1 N–H and O–H groups in total. The molecule has 0 bridgehead atoms. The number of hydrogen-bond acceptors (Lipinski definition) is 4. The number of pyridine rings is 1. The molecule has 2 aromatic rings. The van der Waals surface area contributed by atoms with E-state index in [0.717, 1.165) is 16.8 Å². The summed E-state index contributed by atoms with van der Waals surface area (Å²) in [6.45, 7) is 4.09. The predicted octanol–water partition coefficient (Wildman–Crippen LogP) is 3.87. The van der Waals surface area contributed by atoms with E-state index < -0.39 is 0 Å². The van der Waals surface area contributed by atoms with Gasteiger partial charge in [-0.1, -0.05) is 23.7 Å². The molecule has 1 aromatic heterocycles. The average Bonchev–Trinajstić information content (AvgIpc) is 2.41. The summed E-state index contributed by atoms with van der Waals surface area (Å²) in [6, 6.07) is 7.05. The van der Waals surface area contributed by atoms with Gasteiger partial charge in [-0.05, 0) is 31.0 Å². The normalized spacial score (nSPS) is 10.3. The zero-order valence-corrected chi connectivity index (χ0v) is 11.9. The minimum atomic E-state index is -0.375. The Bertz CT molecular complexity index is 659. The van der Waals surface area contributed by atoms with Crippen molar-refractivity contribution in [2.45, 2.75) is 20.4 Å². The Labute approximate surface area is 121 Å². The van der Waals surface area contributed by atoms with Crippen LogP contribution in [0.5, 0.6) is 0 Å². The zero-order valence-electron chi connectivity index (χ0n) is 11.2. The molecular formula is C14H14ClN3O2. The molecule has 6 heteroatoms. The van der Waals surface area contributed by atoms with Crippen molar-refractivity contribution in [2.75, 3.05) is 5.32 Å². The maximum atomic E-state index is 10.9. The number of anilines is 1. The van der Waals surface area contributed by atoms with Gasteiger partial charge in [0, 0.05) is 24.4 Å². The van der Waals surface area contributed by atoms with E-state index in [-0.39, 0.29) is 10.6 Å². The highest BCUT2D eigenvalue weighted by Crippen LogP contribution is 2.23. The Morgan fingerprint density at radius 2 is 2.10 bits per heavy atom. The highest BCUT2D eigenvalue weighted by atomic mass is 35.5. The van der Waals surface area contributed by atoms with Crippen molar-refractivity contribution in [2.24, 2.45) is 0 Å². The molecule has 0 radical (unpaired) electrons. The summed E-state index contributed by atoms with van der Waals surface area (Å²) >= 11 is 5.99. The lowest BCUT2D eigenvalue weighted by molar-refractivity contribution is -0.385. The first kappa shape index (κ1) is 14.3. The average molecular weight is 292 g/mol. The largest absolute Gasteiger partial charge is 0.378 e. The van der Waals surface area contributed by atoms with E-state index in [1.807, 2.05) is 19.1 Å². The van der Waals surface area contributed by atoms with Crippen molar-refractivity contribution >= 4 is 23.0 Å². The maximum Gasteiger partial charge on any atom is 0.272 e. The van der Waals surface area contributed by atoms with Gasteiger partial charge in [0.05, 0.1) is 10.6 Å². The van der Waals surface area contributed by atoms with E-state index in [1.54, 1.807) is 25.3 Å². The first-order valence-electron chi connectivity index (χ1n) is 6.07.